The molecule has 1 heterocycles. The lowest BCUT2D eigenvalue weighted by molar-refractivity contribution is -0.132. The highest BCUT2D eigenvalue weighted by molar-refractivity contribution is 9.09. The normalized spacial score (nSPS) is 17.3. The van der Waals surface area contributed by atoms with Crippen molar-refractivity contribution in [3.05, 3.63) is 29.8 Å². The summed E-state index contributed by atoms with van der Waals surface area (Å²) >= 11 is 5.18. The van der Waals surface area contributed by atoms with Crippen LogP contribution in [0.3, 0.4) is 0 Å². The van der Waals surface area contributed by atoms with Gasteiger partial charge in [0.2, 0.25) is 5.91 Å². The monoisotopic (exact) mass is 343 g/mol. The molecule has 1 aromatic carbocycles. The van der Waals surface area contributed by atoms with E-state index in [2.05, 4.69) is 28.1 Å². The first-order chi connectivity index (χ1) is 9.27. The van der Waals surface area contributed by atoms with E-state index in [0.29, 0.717) is 13.2 Å². The van der Waals surface area contributed by atoms with Crippen LogP contribution in [0.25, 0.3) is 0 Å². The van der Waals surface area contributed by atoms with E-state index in [1.807, 2.05) is 17.0 Å². The van der Waals surface area contributed by atoms with E-state index < -0.39 is 0 Å². The number of amides is 1. The van der Waals surface area contributed by atoms with Crippen molar-refractivity contribution in [1.82, 2.24) is 4.90 Å². The summed E-state index contributed by atoms with van der Waals surface area (Å²) in [4.78, 5) is 15.8. The molecule has 2 rings (SSSR count). The quantitative estimate of drug-likeness (QED) is 0.744. The lowest BCUT2D eigenvalue weighted by Crippen LogP contribution is -2.38. The second kappa shape index (κ2) is 7.31. The van der Waals surface area contributed by atoms with Crippen molar-refractivity contribution in [3.8, 4) is 0 Å². The summed E-state index contributed by atoms with van der Waals surface area (Å²) in [6.07, 6.45) is 0. The van der Waals surface area contributed by atoms with Crippen LogP contribution in [0.5, 0.6) is 0 Å². The molecule has 0 spiro atoms. The summed E-state index contributed by atoms with van der Waals surface area (Å²) in [7, 11) is 1.66. The topological polar surface area (TPSA) is 29.5 Å². The van der Waals surface area contributed by atoms with Crippen LogP contribution in [0.2, 0.25) is 0 Å². The predicted molar refractivity (Wildman–Crippen MR) is 82.2 cm³/mol. The van der Waals surface area contributed by atoms with Crippen LogP contribution in [-0.4, -0.2) is 48.7 Å². The zero-order chi connectivity index (χ0) is 13.7. The Hall–Kier alpha value is -0.520. The number of halogens is 1. The van der Waals surface area contributed by atoms with E-state index in [4.69, 9.17) is 4.74 Å². The molecule has 1 aliphatic rings. The molecule has 0 bridgehead atoms. The van der Waals surface area contributed by atoms with Gasteiger partial charge in [-0.05, 0) is 11.6 Å². The number of carbonyl (C=O) groups excluding carboxylic acids is 1. The number of benzene rings is 1. The zero-order valence-electron chi connectivity index (χ0n) is 11.0. The molecule has 1 unspecified atom stereocenters. The van der Waals surface area contributed by atoms with Gasteiger partial charge in [-0.3, -0.25) is 4.79 Å². The van der Waals surface area contributed by atoms with Crippen molar-refractivity contribution in [2.45, 2.75) is 10.8 Å². The molecular weight excluding hydrogens is 326 g/mol. The van der Waals surface area contributed by atoms with Crippen LogP contribution in [0, 0.1) is 0 Å². The summed E-state index contributed by atoms with van der Waals surface area (Å²) in [5.41, 5.74) is 1.18. The second-order valence-electron chi connectivity index (χ2n) is 4.41. The SMILES string of the molecule is COCCN(CCBr)C(=O)C1CSc2ccccc21. The maximum atomic E-state index is 12.6. The molecule has 3 nitrogen and oxygen atoms in total. The molecule has 0 saturated carbocycles. The van der Waals surface area contributed by atoms with Crippen LogP contribution >= 0.6 is 27.7 Å². The number of methoxy groups -OCH3 is 1. The van der Waals surface area contributed by atoms with Gasteiger partial charge in [-0.15, -0.1) is 11.8 Å². The fourth-order valence-corrected chi connectivity index (χ4v) is 3.87. The van der Waals surface area contributed by atoms with E-state index in [1.54, 1.807) is 18.9 Å². The lowest BCUT2D eigenvalue weighted by Gasteiger charge is -2.24. The van der Waals surface area contributed by atoms with Crippen molar-refractivity contribution in [2.24, 2.45) is 0 Å². The number of nitrogens with zero attached hydrogens (tertiary/aromatic N) is 1. The predicted octanol–water partition coefficient (Wildman–Crippen LogP) is 2.75. The van der Waals surface area contributed by atoms with Gasteiger partial charge in [-0.25, -0.2) is 0 Å². The minimum absolute atomic E-state index is 0.00268. The first kappa shape index (κ1) is 14.9. The summed E-state index contributed by atoms with van der Waals surface area (Å²) in [5, 5.41) is 0.796. The fourth-order valence-electron chi connectivity index (χ4n) is 2.22. The van der Waals surface area contributed by atoms with Gasteiger partial charge in [-0.1, -0.05) is 34.1 Å². The Labute approximate surface area is 126 Å². The minimum Gasteiger partial charge on any atom is -0.383 e. The molecule has 1 aromatic rings. The number of alkyl halides is 1. The van der Waals surface area contributed by atoms with Crippen LogP contribution in [0.4, 0.5) is 0 Å². The third-order valence-corrected chi connectivity index (χ3v) is 4.77. The molecular formula is C14H18BrNO2S. The number of hydrogen-bond acceptors (Lipinski definition) is 3. The van der Waals surface area contributed by atoms with Gasteiger partial charge in [-0.2, -0.15) is 0 Å². The molecule has 0 radical (unpaired) electrons. The molecule has 1 amide bonds. The molecule has 1 aliphatic heterocycles. The standard InChI is InChI=1S/C14H18BrNO2S/c1-18-9-8-16(7-6-15)14(17)12-10-19-13-5-3-2-4-11(12)13/h2-5,12H,6-10H2,1H3. The van der Waals surface area contributed by atoms with E-state index >= 15 is 0 Å². The molecule has 0 fully saturated rings. The first-order valence-corrected chi connectivity index (χ1v) is 8.44. The van der Waals surface area contributed by atoms with Gasteiger partial charge < -0.3 is 9.64 Å². The zero-order valence-corrected chi connectivity index (χ0v) is 13.4. The van der Waals surface area contributed by atoms with Gasteiger partial charge in [0.05, 0.1) is 12.5 Å². The van der Waals surface area contributed by atoms with Crippen molar-refractivity contribution in [1.29, 1.82) is 0 Å². The van der Waals surface area contributed by atoms with Crippen molar-refractivity contribution in [3.63, 3.8) is 0 Å². The summed E-state index contributed by atoms with van der Waals surface area (Å²) in [6, 6.07) is 8.20. The third kappa shape index (κ3) is 3.52. The number of thioether (sulfide) groups is 1. The lowest BCUT2D eigenvalue weighted by atomic mass is 10.00. The Kier molecular flexibility index (Phi) is 5.73. The first-order valence-electron chi connectivity index (χ1n) is 6.33. The fraction of sp³-hybridized carbons (Fsp3) is 0.500. The highest BCUT2D eigenvalue weighted by Crippen LogP contribution is 2.40. The number of rotatable bonds is 6. The summed E-state index contributed by atoms with van der Waals surface area (Å²) < 4.78 is 5.09. The van der Waals surface area contributed by atoms with E-state index in [-0.39, 0.29) is 11.8 Å². The average Bonchev–Trinajstić information content (AvgIpc) is 2.86. The van der Waals surface area contributed by atoms with Gasteiger partial charge in [0.25, 0.3) is 0 Å². The molecule has 0 aliphatic carbocycles. The van der Waals surface area contributed by atoms with Crippen LogP contribution < -0.4 is 0 Å². The van der Waals surface area contributed by atoms with Crippen molar-refractivity contribution < 1.29 is 9.53 Å². The Morgan fingerprint density at radius 1 is 1.47 bits per heavy atom. The largest absolute Gasteiger partial charge is 0.383 e. The molecule has 0 saturated heterocycles. The van der Waals surface area contributed by atoms with Gasteiger partial charge in [0.15, 0.2) is 0 Å². The molecule has 19 heavy (non-hydrogen) atoms. The third-order valence-electron chi connectivity index (χ3n) is 3.23. The number of carbonyl (C=O) groups is 1. The van der Waals surface area contributed by atoms with Crippen molar-refractivity contribution in [2.75, 3.05) is 37.9 Å². The van der Waals surface area contributed by atoms with Crippen LogP contribution in [0.1, 0.15) is 11.5 Å². The van der Waals surface area contributed by atoms with Crippen LogP contribution in [-0.2, 0) is 9.53 Å². The highest BCUT2D eigenvalue weighted by Gasteiger charge is 2.31. The number of hydrogen-bond donors (Lipinski definition) is 0. The maximum absolute atomic E-state index is 12.6. The molecule has 0 N–H and O–H groups in total. The Morgan fingerprint density at radius 3 is 3.00 bits per heavy atom. The van der Waals surface area contributed by atoms with E-state index in [1.165, 1.54) is 10.5 Å². The Balaban J connectivity index is 2.10. The summed E-state index contributed by atoms with van der Waals surface area (Å²) in [5.74, 6) is 1.07. The highest BCUT2D eigenvalue weighted by atomic mass is 79.9. The smallest absolute Gasteiger partial charge is 0.231 e. The number of ether oxygens (including phenoxy) is 1. The average molecular weight is 344 g/mol. The Morgan fingerprint density at radius 2 is 2.26 bits per heavy atom. The van der Waals surface area contributed by atoms with Crippen molar-refractivity contribution >= 4 is 33.6 Å². The summed E-state index contributed by atoms with van der Waals surface area (Å²) in [6.45, 7) is 1.97. The van der Waals surface area contributed by atoms with E-state index in [0.717, 1.165) is 17.6 Å². The van der Waals surface area contributed by atoms with Gasteiger partial charge >= 0.3 is 0 Å². The van der Waals surface area contributed by atoms with Gasteiger partial charge in [0.1, 0.15) is 0 Å². The van der Waals surface area contributed by atoms with Gasteiger partial charge in [0, 0.05) is 36.2 Å². The number of fused-ring (bicyclic) bond motifs is 1. The minimum atomic E-state index is -0.00268. The molecule has 104 valence electrons. The molecule has 1 atom stereocenters. The maximum Gasteiger partial charge on any atom is 0.231 e. The second-order valence-corrected chi connectivity index (χ2v) is 6.26. The molecule has 5 heteroatoms. The van der Waals surface area contributed by atoms with Crippen LogP contribution in [0.15, 0.2) is 29.2 Å². The van der Waals surface area contributed by atoms with E-state index in [9.17, 15) is 4.79 Å². The molecule has 0 aromatic heterocycles. The Bertz CT molecular complexity index is 441.